The number of aromatic carboxylic acids is 1. The molecule has 0 fully saturated rings. The van der Waals surface area contributed by atoms with Crippen molar-refractivity contribution in [3.63, 3.8) is 0 Å². The van der Waals surface area contributed by atoms with Gasteiger partial charge in [0.05, 0.1) is 18.6 Å². The minimum absolute atomic E-state index is 0.00713. The van der Waals surface area contributed by atoms with Crippen molar-refractivity contribution in [2.75, 3.05) is 6.61 Å². The number of aliphatic hydroxyl groups excluding tert-OH is 1. The number of hydrogen-bond donors (Lipinski definition) is 3. The van der Waals surface area contributed by atoms with Crippen LogP contribution in [0.3, 0.4) is 0 Å². The molecule has 0 aliphatic rings. The van der Waals surface area contributed by atoms with E-state index < -0.39 is 5.97 Å². The largest absolute Gasteiger partial charge is 0.478 e. The molecule has 1 aromatic carbocycles. The van der Waals surface area contributed by atoms with E-state index in [9.17, 15) is 9.59 Å². The summed E-state index contributed by atoms with van der Waals surface area (Å²) in [5, 5.41) is 20.3. The van der Waals surface area contributed by atoms with E-state index in [-0.39, 0.29) is 30.5 Å². The maximum atomic E-state index is 11.5. The number of carboxylic acid groups (broad SMARTS) is 1. The molecule has 3 N–H and O–H groups in total. The first-order chi connectivity index (χ1) is 8.04. The number of nitrogens with one attached hydrogen (secondary N) is 1. The van der Waals surface area contributed by atoms with Crippen LogP contribution < -0.4 is 5.32 Å². The monoisotopic (exact) mass is 237 g/mol. The lowest BCUT2D eigenvalue weighted by Gasteiger charge is -2.11. The van der Waals surface area contributed by atoms with Gasteiger partial charge < -0.3 is 15.5 Å². The standard InChI is InChI=1S/C12H15NO4/c1-8(7-14)13-11(15)6-9-4-2-3-5-10(9)12(16)17/h2-5,8,14H,6-7H2,1H3,(H,13,15)(H,16,17)/t8-/m1/s1. The van der Waals surface area contributed by atoms with E-state index in [0.717, 1.165) is 0 Å². The molecule has 0 aliphatic heterocycles. The Bertz CT molecular complexity index is 417. The number of rotatable bonds is 5. The lowest BCUT2D eigenvalue weighted by Crippen LogP contribution is -2.36. The quantitative estimate of drug-likeness (QED) is 0.693. The second-order valence-electron chi connectivity index (χ2n) is 3.79. The molecule has 0 bridgehead atoms. The summed E-state index contributed by atoms with van der Waals surface area (Å²) in [7, 11) is 0. The number of aliphatic hydroxyl groups is 1. The Morgan fingerprint density at radius 1 is 1.35 bits per heavy atom. The van der Waals surface area contributed by atoms with Crippen molar-refractivity contribution in [2.45, 2.75) is 19.4 Å². The molecular weight excluding hydrogens is 222 g/mol. The van der Waals surface area contributed by atoms with Gasteiger partial charge in [-0.2, -0.15) is 0 Å². The van der Waals surface area contributed by atoms with Crippen LogP contribution in [0.4, 0.5) is 0 Å². The molecule has 5 heteroatoms. The van der Waals surface area contributed by atoms with E-state index in [1.54, 1.807) is 25.1 Å². The molecule has 0 heterocycles. The summed E-state index contributed by atoms with van der Waals surface area (Å²) in [4.78, 5) is 22.5. The van der Waals surface area contributed by atoms with Gasteiger partial charge in [0.1, 0.15) is 0 Å². The van der Waals surface area contributed by atoms with E-state index >= 15 is 0 Å². The first-order valence-electron chi connectivity index (χ1n) is 5.26. The van der Waals surface area contributed by atoms with Crippen LogP contribution in [0, 0.1) is 0 Å². The van der Waals surface area contributed by atoms with Crippen LogP contribution in [-0.2, 0) is 11.2 Å². The maximum absolute atomic E-state index is 11.5. The SMILES string of the molecule is C[C@H](CO)NC(=O)Cc1ccccc1C(=O)O. The second kappa shape index (κ2) is 6.00. The van der Waals surface area contributed by atoms with Crippen molar-refractivity contribution in [3.8, 4) is 0 Å². The summed E-state index contributed by atoms with van der Waals surface area (Å²) < 4.78 is 0. The maximum Gasteiger partial charge on any atom is 0.335 e. The Morgan fingerprint density at radius 2 is 2.00 bits per heavy atom. The van der Waals surface area contributed by atoms with Gasteiger partial charge >= 0.3 is 5.97 Å². The molecular formula is C12H15NO4. The summed E-state index contributed by atoms with van der Waals surface area (Å²) in [5.41, 5.74) is 0.585. The topological polar surface area (TPSA) is 86.6 Å². The van der Waals surface area contributed by atoms with Crippen molar-refractivity contribution in [1.82, 2.24) is 5.32 Å². The van der Waals surface area contributed by atoms with Gasteiger partial charge in [-0.15, -0.1) is 0 Å². The smallest absolute Gasteiger partial charge is 0.335 e. The van der Waals surface area contributed by atoms with Gasteiger partial charge in [0.2, 0.25) is 5.91 Å². The lowest BCUT2D eigenvalue weighted by molar-refractivity contribution is -0.121. The summed E-state index contributed by atoms with van der Waals surface area (Å²) in [6.45, 7) is 1.52. The van der Waals surface area contributed by atoms with E-state index in [1.165, 1.54) is 6.07 Å². The second-order valence-corrected chi connectivity index (χ2v) is 3.79. The van der Waals surface area contributed by atoms with E-state index in [0.29, 0.717) is 5.56 Å². The highest BCUT2D eigenvalue weighted by atomic mass is 16.4. The highest BCUT2D eigenvalue weighted by molar-refractivity contribution is 5.91. The van der Waals surface area contributed by atoms with Crippen molar-refractivity contribution >= 4 is 11.9 Å². The van der Waals surface area contributed by atoms with Gasteiger partial charge in [-0.1, -0.05) is 18.2 Å². The number of carbonyl (C=O) groups is 2. The van der Waals surface area contributed by atoms with Crippen LogP contribution in [0.15, 0.2) is 24.3 Å². The molecule has 0 aromatic heterocycles. The van der Waals surface area contributed by atoms with Crippen molar-refractivity contribution in [3.05, 3.63) is 35.4 Å². The molecule has 1 rings (SSSR count). The van der Waals surface area contributed by atoms with Crippen LogP contribution in [0.25, 0.3) is 0 Å². The number of carbonyl (C=O) groups excluding carboxylic acids is 1. The molecule has 5 nitrogen and oxygen atoms in total. The van der Waals surface area contributed by atoms with Gasteiger partial charge in [0, 0.05) is 6.04 Å². The minimum atomic E-state index is -1.05. The molecule has 0 unspecified atom stereocenters. The number of carboxylic acids is 1. The van der Waals surface area contributed by atoms with Crippen LogP contribution in [0.5, 0.6) is 0 Å². The molecule has 1 amide bonds. The van der Waals surface area contributed by atoms with Gasteiger partial charge in [0.15, 0.2) is 0 Å². The van der Waals surface area contributed by atoms with Crippen molar-refractivity contribution in [2.24, 2.45) is 0 Å². The Morgan fingerprint density at radius 3 is 2.59 bits per heavy atom. The number of hydrogen-bond acceptors (Lipinski definition) is 3. The summed E-state index contributed by atoms with van der Waals surface area (Å²) in [6.07, 6.45) is -0.00713. The summed E-state index contributed by atoms with van der Waals surface area (Å²) in [5.74, 6) is -1.36. The lowest BCUT2D eigenvalue weighted by atomic mass is 10.0. The Labute approximate surface area is 99.1 Å². The molecule has 0 spiro atoms. The van der Waals surface area contributed by atoms with Crippen molar-refractivity contribution in [1.29, 1.82) is 0 Å². The predicted molar refractivity (Wildman–Crippen MR) is 61.8 cm³/mol. The zero-order valence-corrected chi connectivity index (χ0v) is 9.51. The number of amides is 1. The third-order valence-electron chi connectivity index (χ3n) is 2.28. The first-order valence-corrected chi connectivity index (χ1v) is 5.26. The Kier molecular flexibility index (Phi) is 4.66. The Balaban J connectivity index is 2.74. The Hall–Kier alpha value is -1.88. The van der Waals surface area contributed by atoms with Crippen LogP contribution in [0.1, 0.15) is 22.8 Å². The van der Waals surface area contributed by atoms with E-state index in [1.807, 2.05) is 0 Å². The first kappa shape index (κ1) is 13.2. The van der Waals surface area contributed by atoms with Crippen molar-refractivity contribution < 1.29 is 19.8 Å². The zero-order chi connectivity index (χ0) is 12.8. The average molecular weight is 237 g/mol. The van der Waals surface area contributed by atoms with Crippen LogP contribution in [0.2, 0.25) is 0 Å². The van der Waals surface area contributed by atoms with Crippen LogP contribution >= 0.6 is 0 Å². The third-order valence-corrected chi connectivity index (χ3v) is 2.28. The van der Waals surface area contributed by atoms with Crippen LogP contribution in [-0.4, -0.2) is 34.7 Å². The van der Waals surface area contributed by atoms with E-state index in [4.69, 9.17) is 10.2 Å². The normalized spacial score (nSPS) is 11.9. The molecule has 0 saturated carbocycles. The fourth-order valence-electron chi connectivity index (χ4n) is 1.43. The average Bonchev–Trinajstić information content (AvgIpc) is 2.29. The molecule has 0 saturated heterocycles. The van der Waals surface area contributed by atoms with Gasteiger partial charge in [-0.05, 0) is 18.6 Å². The third kappa shape index (κ3) is 3.88. The fourth-order valence-corrected chi connectivity index (χ4v) is 1.43. The highest BCUT2D eigenvalue weighted by Crippen LogP contribution is 2.09. The molecule has 92 valence electrons. The van der Waals surface area contributed by atoms with Gasteiger partial charge in [-0.3, -0.25) is 4.79 Å². The van der Waals surface area contributed by atoms with Gasteiger partial charge in [-0.25, -0.2) is 4.79 Å². The molecule has 0 radical (unpaired) electrons. The molecule has 17 heavy (non-hydrogen) atoms. The molecule has 1 atom stereocenters. The van der Waals surface area contributed by atoms with E-state index in [2.05, 4.69) is 5.32 Å². The highest BCUT2D eigenvalue weighted by Gasteiger charge is 2.13. The number of benzene rings is 1. The molecule has 0 aliphatic carbocycles. The molecule has 1 aromatic rings. The fraction of sp³-hybridized carbons (Fsp3) is 0.333. The minimum Gasteiger partial charge on any atom is -0.478 e. The summed E-state index contributed by atoms with van der Waals surface area (Å²) >= 11 is 0. The summed E-state index contributed by atoms with van der Waals surface area (Å²) in [6, 6.07) is 6.03. The predicted octanol–water partition coefficient (Wildman–Crippen LogP) is 0.424. The zero-order valence-electron chi connectivity index (χ0n) is 9.51. The van der Waals surface area contributed by atoms with Gasteiger partial charge in [0.25, 0.3) is 0 Å².